The van der Waals surface area contributed by atoms with Crippen molar-refractivity contribution in [2.75, 3.05) is 38.0 Å². The fourth-order valence-corrected chi connectivity index (χ4v) is 4.93. The van der Waals surface area contributed by atoms with E-state index < -0.39 is 23.8 Å². The molecule has 1 aromatic carbocycles. The van der Waals surface area contributed by atoms with E-state index in [0.29, 0.717) is 35.4 Å². The topological polar surface area (TPSA) is 172 Å². The number of nitrogens with zero attached hydrogens (tertiary/aromatic N) is 2. The number of nitrogens with two attached hydrogens (primary N) is 2. The van der Waals surface area contributed by atoms with Crippen LogP contribution in [-0.4, -0.2) is 55.6 Å². The summed E-state index contributed by atoms with van der Waals surface area (Å²) in [4.78, 5) is 40.8. The highest BCUT2D eigenvalue weighted by molar-refractivity contribution is 7.09. The molecule has 0 aliphatic carbocycles. The van der Waals surface area contributed by atoms with E-state index in [2.05, 4.69) is 9.69 Å². The quantitative estimate of drug-likeness (QED) is 0.347. The minimum absolute atomic E-state index is 0.0613. The number of hydrogen-bond donors (Lipinski definition) is 3. The Morgan fingerprint density at radius 1 is 1.21 bits per heavy atom. The van der Waals surface area contributed by atoms with E-state index >= 15 is 0 Å². The number of ether oxygens (including phenoxy) is 3. The van der Waals surface area contributed by atoms with Crippen molar-refractivity contribution < 1.29 is 33.0 Å². The highest BCUT2D eigenvalue weighted by Crippen LogP contribution is 2.38. The molecule has 5 N–H and O–H groups in total. The second-order valence-corrected chi connectivity index (χ2v) is 9.36. The van der Waals surface area contributed by atoms with Gasteiger partial charge in [-0.15, -0.1) is 0 Å². The van der Waals surface area contributed by atoms with Crippen molar-refractivity contribution in [1.29, 1.82) is 0 Å². The lowest BCUT2D eigenvalue weighted by Gasteiger charge is -2.30. The van der Waals surface area contributed by atoms with Crippen LogP contribution >= 0.6 is 11.5 Å². The molecule has 202 valence electrons. The van der Waals surface area contributed by atoms with Gasteiger partial charge in [-0.25, -0.2) is 0 Å². The third-order valence-electron chi connectivity index (χ3n) is 6.08. The summed E-state index contributed by atoms with van der Waals surface area (Å²) in [6.07, 6.45) is 1.60. The third kappa shape index (κ3) is 5.43. The van der Waals surface area contributed by atoms with Crippen molar-refractivity contribution in [3.05, 3.63) is 52.4 Å². The second kappa shape index (κ2) is 11.5. The van der Waals surface area contributed by atoms with Crippen LogP contribution in [0.25, 0.3) is 0 Å². The largest absolute Gasteiger partial charge is 0.493 e. The number of hydrogen-bond acceptors (Lipinski definition) is 10. The highest BCUT2D eigenvalue weighted by atomic mass is 32.1. The SMILES string of the molecule is COc1ccc(N(C(=O)c2snc(C(N)=O)c2N)[C@H](C(=O)NC[C@@H]2CCCO2)c2ccc(C)o2)cc1OC. The molecule has 13 heteroatoms. The van der Waals surface area contributed by atoms with E-state index in [4.69, 9.17) is 30.1 Å². The average Bonchev–Trinajstić information content (AvgIpc) is 3.66. The molecular weight excluding hydrogens is 514 g/mol. The van der Waals surface area contributed by atoms with Crippen LogP contribution in [0.2, 0.25) is 0 Å². The van der Waals surface area contributed by atoms with E-state index in [-0.39, 0.29) is 40.4 Å². The van der Waals surface area contributed by atoms with Gasteiger partial charge in [0.1, 0.15) is 16.4 Å². The summed E-state index contributed by atoms with van der Waals surface area (Å²) in [6, 6.07) is 6.82. The van der Waals surface area contributed by atoms with Gasteiger partial charge in [0.15, 0.2) is 23.2 Å². The Morgan fingerprint density at radius 2 is 1.97 bits per heavy atom. The van der Waals surface area contributed by atoms with Crippen LogP contribution in [0.5, 0.6) is 11.5 Å². The maximum absolute atomic E-state index is 14.1. The van der Waals surface area contributed by atoms with Crippen molar-refractivity contribution >= 4 is 40.6 Å². The molecule has 1 fully saturated rings. The van der Waals surface area contributed by atoms with E-state index in [9.17, 15) is 14.4 Å². The number of anilines is 2. The number of nitrogens with one attached hydrogen (secondary N) is 1. The molecule has 4 rings (SSSR count). The highest BCUT2D eigenvalue weighted by Gasteiger charge is 2.38. The predicted octanol–water partition coefficient (Wildman–Crippen LogP) is 2.43. The zero-order valence-electron chi connectivity index (χ0n) is 21.2. The number of aromatic nitrogens is 1. The summed E-state index contributed by atoms with van der Waals surface area (Å²) in [6.45, 7) is 2.62. The van der Waals surface area contributed by atoms with Gasteiger partial charge in [0.25, 0.3) is 17.7 Å². The summed E-state index contributed by atoms with van der Waals surface area (Å²) in [5.74, 6) is -0.555. The molecule has 0 bridgehead atoms. The van der Waals surface area contributed by atoms with Crippen molar-refractivity contribution in [2.24, 2.45) is 5.73 Å². The van der Waals surface area contributed by atoms with Gasteiger partial charge in [0.2, 0.25) is 0 Å². The smallest absolute Gasteiger partial charge is 0.273 e. The Bertz CT molecular complexity index is 1330. The van der Waals surface area contributed by atoms with Crippen LogP contribution in [0.4, 0.5) is 11.4 Å². The number of aryl methyl sites for hydroxylation is 1. The maximum Gasteiger partial charge on any atom is 0.273 e. The number of nitrogen functional groups attached to an aromatic ring is 1. The van der Waals surface area contributed by atoms with Crippen LogP contribution in [0.1, 0.15) is 50.6 Å². The van der Waals surface area contributed by atoms with Gasteiger partial charge in [-0.3, -0.25) is 19.3 Å². The van der Waals surface area contributed by atoms with Crippen molar-refractivity contribution in [3.8, 4) is 11.5 Å². The molecular formula is C25H29N5O7S. The fraction of sp³-hybridized carbons (Fsp3) is 0.360. The molecule has 38 heavy (non-hydrogen) atoms. The molecule has 3 aromatic rings. The number of furan rings is 1. The Balaban J connectivity index is 1.83. The van der Waals surface area contributed by atoms with Gasteiger partial charge < -0.3 is 35.4 Å². The Kier molecular flexibility index (Phi) is 8.17. The molecule has 3 amide bonds. The first-order chi connectivity index (χ1) is 18.2. The first-order valence-electron chi connectivity index (χ1n) is 11.8. The number of carbonyl (C=O) groups excluding carboxylic acids is 3. The van der Waals surface area contributed by atoms with Crippen LogP contribution in [0.15, 0.2) is 34.7 Å². The van der Waals surface area contributed by atoms with E-state index in [1.165, 1.54) is 19.1 Å². The Labute approximate surface area is 223 Å². The number of primary amides is 1. The van der Waals surface area contributed by atoms with E-state index in [0.717, 1.165) is 12.8 Å². The molecule has 1 saturated heterocycles. The molecule has 12 nitrogen and oxygen atoms in total. The summed E-state index contributed by atoms with van der Waals surface area (Å²) < 4.78 is 26.2. The third-order valence-corrected chi connectivity index (χ3v) is 6.94. The fourth-order valence-electron chi connectivity index (χ4n) is 4.19. The number of rotatable bonds is 10. The van der Waals surface area contributed by atoms with Gasteiger partial charge in [0, 0.05) is 24.9 Å². The lowest BCUT2D eigenvalue weighted by molar-refractivity contribution is -0.123. The molecule has 1 aliphatic rings. The van der Waals surface area contributed by atoms with Crippen molar-refractivity contribution in [2.45, 2.75) is 31.9 Å². The molecule has 0 spiro atoms. The number of amides is 3. The molecule has 1 aliphatic heterocycles. The van der Waals surface area contributed by atoms with Crippen molar-refractivity contribution in [3.63, 3.8) is 0 Å². The van der Waals surface area contributed by atoms with E-state index in [1.54, 1.807) is 37.3 Å². The molecule has 0 radical (unpaired) electrons. The predicted molar refractivity (Wildman–Crippen MR) is 140 cm³/mol. The van der Waals surface area contributed by atoms with Gasteiger partial charge in [-0.05, 0) is 55.6 Å². The zero-order valence-corrected chi connectivity index (χ0v) is 22.0. The average molecular weight is 544 g/mol. The minimum atomic E-state index is -1.26. The van der Waals surface area contributed by atoms with Crippen LogP contribution in [-0.2, 0) is 9.53 Å². The summed E-state index contributed by atoms with van der Waals surface area (Å²) in [5, 5.41) is 2.89. The van der Waals surface area contributed by atoms with E-state index in [1.807, 2.05) is 0 Å². The first kappa shape index (κ1) is 26.9. The molecule has 0 unspecified atom stereocenters. The van der Waals surface area contributed by atoms with Gasteiger partial charge in [0.05, 0.1) is 26.0 Å². The molecule has 2 aromatic heterocycles. The van der Waals surface area contributed by atoms with Crippen LogP contribution < -0.4 is 31.2 Å². The monoisotopic (exact) mass is 543 g/mol. The van der Waals surface area contributed by atoms with Crippen LogP contribution in [0.3, 0.4) is 0 Å². The lowest BCUT2D eigenvalue weighted by atomic mass is 10.1. The second-order valence-electron chi connectivity index (χ2n) is 8.58. The van der Waals surface area contributed by atoms with Gasteiger partial charge in [-0.2, -0.15) is 4.37 Å². The molecule has 2 atom stereocenters. The Morgan fingerprint density at radius 3 is 2.55 bits per heavy atom. The number of carbonyl (C=O) groups is 3. The Hall–Kier alpha value is -4.10. The minimum Gasteiger partial charge on any atom is -0.493 e. The standard InChI is InChI=1S/C25H29N5O7S/c1-13-6-8-17(37-13)21(24(32)28-12-15-5-4-10-36-15)30(14-7-9-16(34-2)18(11-14)35-3)25(33)22-19(26)20(23(27)31)29-38-22/h6-9,11,15,21H,4-5,10,12,26H2,1-3H3,(H2,27,31)(H,28,32)/t15-,21-/m0/s1. The zero-order chi connectivity index (χ0) is 27.4. The number of methoxy groups -OCH3 is 2. The van der Waals surface area contributed by atoms with Gasteiger partial charge >= 0.3 is 0 Å². The summed E-state index contributed by atoms with van der Waals surface area (Å²) >= 11 is 0.711. The summed E-state index contributed by atoms with van der Waals surface area (Å²) in [7, 11) is 2.94. The molecule has 3 heterocycles. The maximum atomic E-state index is 14.1. The van der Waals surface area contributed by atoms with Crippen molar-refractivity contribution in [1.82, 2.24) is 9.69 Å². The lowest BCUT2D eigenvalue weighted by Crippen LogP contribution is -2.45. The summed E-state index contributed by atoms with van der Waals surface area (Å²) in [5.41, 5.74) is 11.4. The van der Waals surface area contributed by atoms with Gasteiger partial charge in [-0.1, -0.05) is 0 Å². The van der Waals surface area contributed by atoms with Crippen LogP contribution in [0, 0.1) is 6.92 Å². The number of benzene rings is 1. The molecule has 0 saturated carbocycles. The normalized spacial score (nSPS) is 15.6. The first-order valence-corrected chi connectivity index (χ1v) is 12.6.